The number of nitrogens with one attached hydrogen (secondary N) is 1. The number of nitrogens with two attached hydrogens (primary N) is 1. The summed E-state index contributed by atoms with van der Waals surface area (Å²) in [5.74, 6) is -0.489. The van der Waals surface area contributed by atoms with Crippen LogP contribution in [0.5, 0.6) is 0 Å². The molecular weight excluding hydrogens is 500 g/mol. The number of rotatable bonds is 8. The predicted octanol–water partition coefficient (Wildman–Crippen LogP) is 3.74. The number of amidine groups is 1. The second-order valence-electron chi connectivity index (χ2n) is 9.54. The molecule has 0 bridgehead atoms. The first-order chi connectivity index (χ1) is 18.3. The third-order valence-corrected chi connectivity index (χ3v) is 7.80. The number of likely N-dealkylation sites (tertiary alicyclic amines) is 1. The van der Waals surface area contributed by atoms with E-state index in [1.165, 1.54) is 0 Å². The summed E-state index contributed by atoms with van der Waals surface area (Å²) in [4.78, 5) is 33.3. The monoisotopic (exact) mass is 530 g/mol. The maximum atomic E-state index is 13.3. The number of carbonyl (C=O) groups is 2. The quantitative estimate of drug-likeness (QED) is 0.182. The van der Waals surface area contributed by atoms with Crippen LogP contribution >= 0.6 is 11.3 Å². The van der Waals surface area contributed by atoms with E-state index in [1.54, 1.807) is 6.92 Å². The lowest BCUT2D eigenvalue weighted by molar-refractivity contribution is -0.102. The van der Waals surface area contributed by atoms with Crippen LogP contribution in [-0.2, 0) is 4.79 Å². The molecule has 3 heterocycles. The Hall–Kier alpha value is -3.99. The van der Waals surface area contributed by atoms with Crippen molar-refractivity contribution >= 4 is 56.6 Å². The second-order valence-corrected chi connectivity index (χ2v) is 10.5. The molecule has 2 aromatic carbocycles. The average Bonchev–Trinajstić information content (AvgIpc) is 3.49. The van der Waals surface area contributed by atoms with E-state index in [9.17, 15) is 14.7 Å². The number of para-hydroxylation sites is 1. The normalized spacial score (nSPS) is 15.3. The highest BCUT2D eigenvalue weighted by Gasteiger charge is 2.32. The van der Waals surface area contributed by atoms with E-state index in [1.807, 2.05) is 73.7 Å². The first kappa shape index (κ1) is 25.7. The number of carbonyl (C=O) groups excluding carboxylic acids is 2. The molecule has 0 aliphatic carbocycles. The van der Waals surface area contributed by atoms with Crippen LogP contribution in [0.15, 0.2) is 65.8 Å². The van der Waals surface area contributed by atoms with E-state index in [-0.39, 0.29) is 17.8 Å². The number of aliphatic hydroxyl groups is 1. The molecule has 0 saturated carbocycles. The minimum atomic E-state index is -0.966. The number of anilines is 2. The molecule has 1 aliphatic rings. The Kier molecular flexibility index (Phi) is 7.02. The predicted molar refractivity (Wildman–Crippen MR) is 152 cm³/mol. The molecule has 5 rings (SSSR count). The number of aliphatic hydroxyl groups excluding tert-OH is 1. The van der Waals surface area contributed by atoms with Crippen molar-refractivity contribution in [3.05, 3.63) is 71.2 Å². The molecular formula is C28H30N6O3S. The molecule has 38 heavy (non-hydrogen) atoms. The Bertz CT molecular complexity index is 1520. The van der Waals surface area contributed by atoms with Crippen molar-refractivity contribution in [1.29, 1.82) is 0 Å². The van der Waals surface area contributed by atoms with Crippen molar-refractivity contribution < 1.29 is 14.7 Å². The van der Waals surface area contributed by atoms with Gasteiger partial charge in [0.1, 0.15) is 9.88 Å². The third-order valence-electron chi connectivity index (χ3n) is 6.71. The maximum Gasteiger partial charge on any atom is 0.262 e. The Morgan fingerprint density at radius 2 is 1.97 bits per heavy atom. The van der Waals surface area contributed by atoms with Gasteiger partial charge >= 0.3 is 0 Å². The zero-order valence-electron chi connectivity index (χ0n) is 21.5. The van der Waals surface area contributed by atoms with Gasteiger partial charge in [0, 0.05) is 48.7 Å². The molecule has 10 heteroatoms. The molecule has 0 spiro atoms. The molecule has 1 fully saturated rings. The van der Waals surface area contributed by atoms with E-state index >= 15 is 0 Å². The molecule has 1 saturated heterocycles. The van der Waals surface area contributed by atoms with Gasteiger partial charge in [-0.15, -0.1) is 11.3 Å². The molecule has 1 atom stereocenters. The molecule has 4 aromatic rings. The van der Waals surface area contributed by atoms with Crippen LogP contribution in [0.2, 0.25) is 0 Å². The zero-order chi connectivity index (χ0) is 27.0. The number of thiophene rings is 1. The van der Waals surface area contributed by atoms with Gasteiger partial charge in [0.05, 0.1) is 23.3 Å². The summed E-state index contributed by atoms with van der Waals surface area (Å²) in [5, 5.41) is 15.3. The zero-order valence-corrected chi connectivity index (χ0v) is 22.3. The number of aromatic nitrogens is 1. The number of amides is 1. The molecule has 2 aromatic heterocycles. The summed E-state index contributed by atoms with van der Waals surface area (Å²) < 4.78 is 2.10. The first-order valence-electron chi connectivity index (χ1n) is 12.3. The van der Waals surface area contributed by atoms with E-state index in [0.29, 0.717) is 27.4 Å². The molecule has 196 valence electrons. The summed E-state index contributed by atoms with van der Waals surface area (Å²) in [7, 11) is 3.84. The van der Waals surface area contributed by atoms with Gasteiger partial charge in [0.15, 0.2) is 12.1 Å². The van der Waals surface area contributed by atoms with Crippen molar-refractivity contribution in [2.24, 2.45) is 10.7 Å². The Labute approximate surface area is 224 Å². The van der Waals surface area contributed by atoms with Crippen LogP contribution in [0, 0.1) is 0 Å². The Morgan fingerprint density at radius 3 is 2.63 bits per heavy atom. The molecule has 1 aliphatic heterocycles. The highest BCUT2D eigenvalue weighted by Crippen LogP contribution is 2.47. The smallest absolute Gasteiger partial charge is 0.262 e. The first-order valence-corrected chi connectivity index (χ1v) is 13.1. The lowest BCUT2D eigenvalue weighted by Gasteiger charge is -2.36. The number of fused-ring (bicyclic) bond motifs is 1. The highest BCUT2D eigenvalue weighted by molar-refractivity contribution is 7.18. The summed E-state index contributed by atoms with van der Waals surface area (Å²) in [5.41, 5.74) is 9.62. The molecule has 4 N–H and O–H groups in total. The Morgan fingerprint density at radius 1 is 1.24 bits per heavy atom. The fraction of sp³-hybridized carbons (Fsp3) is 0.250. The van der Waals surface area contributed by atoms with Gasteiger partial charge in [-0.3, -0.25) is 9.59 Å². The van der Waals surface area contributed by atoms with Gasteiger partial charge < -0.3 is 30.5 Å². The number of likely N-dealkylation sites (N-methyl/N-ethyl adjacent to an activating group) is 1. The maximum absolute atomic E-state index is 13.3. The lowest BCUT2D eigenvalue weighted by atomic mass is 10.1. The molecule has 1 amide bonds. The largest absolute Gasteiger partial charge is 0.389 e. The molecule has 1 unspecified atom stereocenters. The van der Waals surface area contributed by atoms with Crippen LogP contribution in [0.1, 0.15) is 28.3 Å². The van der Waals surface area contributed by atoms with Crippen LogP contribution in [0.25, 0.3) is 16.6 Å². The number of benzene rings is 2. The number of hydrogen-bond donors (Lipinski definition) is 3. The van der Waals surface area contributed by atoms with Gasteiger partial charge in [-0.25, -0.2) is 4.99 Å². The minimum absolute atomic E-state index is 0.0396. The fourth-order valence-electron chi connectivity index (χ4n) is 4.83. The van der Waals surface area contributed by atoms with Gasteiger partial charge in [0.25, 0.3) is 5.91 Å². The average molecular weight is 531 g/mol. The van der Waals surface area contributed by atoms with Gasteiger partial charge in [-0.2, -0.15) is 0 Å². The fourth-order valence-corrected chi connectivity index (χ4v) is 6.05. The summed E-state index contributed by atoms with van der Waals surface area (Å²) in [6.07, 6.45) is 1.52. The standard InChI is InChI=1S/C28H30N6O3S/c1-17(36)24-25(28(31-23(29)16-35)38-26(24)27(37)30-19-14-32(2)15-19)33(3)21-10-9-18-11-12-34(22(18)13-21)20-7-5-4-6-8-20/h4-13,16-17,19,36H,14-15H2,1-3H3,(H2,29,31)(H,30,37). The van der Waals surface area contributed by atoms with Crippen molar-refractivity contribution in [2.75, 3.05) is 32.1 Å². The number of nitrogens with zero attached hydrogens (tertiary/aromatic N) is 4. The number of aliphatic imine (C=N–C) groups is 1. The van der Waals surface area contributed by atoms with Crippen molar-refractivity contribution in [3.8, 4) is 5.69 Å². The SMILES string of the molecule is CC(O)c1c(C(=O)NC2CN(C)C2)sc(/N=C(/N)C=O)c1N(C)c1ccc2ccn(-c3ccccc3)c2c1. The van der Waals surface area contributed by atoms with Crippen molar-refractivity contribution in [3.63, 3.8) is 0 Å². The van der Waals surface area contributed by atoms with E-state index in [0.717, 1.165) is 46.7 Å². The lowest BCUT2D eigenvalue weighted by Crippen LogP contribution is -2.57. The molecule has 9 nitrogen and oxygen atoms in total. The number of hydrogen-bond acceptors (Lipinski definition) is 7. The summed E-state index contributed by atoms with van der Waals surface area (Å²) in [6.45, 7) is 3.14. The highest BCUT2D eigenvalue weighted by atomic mass is 32.1. The Balaban J connectivity index is 1.61. The summed E-state index contributed by atoms with van der Waals surface area (Å²) in [6, 6.07) is 18.2. The summed E-state index contributed by atoms with van der Waals surface area (Å²) >= 11 is 1.11. The van der Waals surface area contributed by atoms with Crippen LogP contribution in [-0.4, -0.2) is 65.8 Å². The molecule has 0 radical (unpaired) electrons. The van der Waals surface area contributed by atoms with E-state index in [2.05, 4.69) is 25.8 Å². The van der Waals surface area contributed by atoms with Gasteiger partial charge in [-0.1, -0.05) is 24.3 Å². The number of aldehydes is 1. The van der Waals surface area contributed by atoms with E-state index in [4.69, 9.17) is 5.73 Å². The van der Waals surface area contributed by atoms with Crippen molar-refractivity contribution in [2.45, 2.75) is 19.1 Å². The minimum Gasteiger partial charge on any atom is -0.389 e. The van der Waals surface area contributed by atoms with Crippen LogP contribution in [0.3, 0.4) is 0 Å². The third kappa shape index (κ3) is 4.81. The van der Waals surface area contributed by atoms with Gasteiger partial charge in [0.2, 0.25) is 0 Å². The van der Waals surface area contributed by atoms with E-state index < -0.39 is 6.10 Å². The van der Waals surface area contributed by atoms with Crippen LogP contribution < -0.4 is 16.0 Å². The van der Waals surface area contributed by atoms with Crippen molar-refractivity contribution in [1.82, 2.24) is 14.8 Å². The second kappa shape index (κ2) is 10.4. The van der Waals surface area contributed by atoms with Gasteiger partial charge in [-0.05, 0) is 44.3 Å². The van der Waals surface area contributed by atoms with Crippen LogP contribution in [0.4, 0.5) is 16.4 Å². The topological polar surface area (TPSA) is 116 Å².